The predicted octanol–water partition coefficient (Wildman–Crippen LogP) is 8.30. The highest BCUT2D eigenvalue weighted by molar-refractivity contribution is 5.90. The van der Waals surface area contributed by atoms with E-state index in [-0.39, 0.29) is 40.3 Å². The average Bonchev–Trinajstić information content (AvgIpc) is 3.05. The minimum atomic E-state index is -0.626. The van der Waals surface area contributed by atoms with Crippen LogP contribution < -0.4 is 18.9 Å². The third kappa shape index (κ3) is 9.45. The van der Waals surface area contributed by atoms with Crippen LogP contribution in [0.2, 0.25) is 0 Å². The van der Waals surface area contributed by atoms with Crippen molar-refractivity contribution >= 4 is 5.97 Å². The molecule has 0 amide bonds. The number of rotatable bonds is 17. The molecule has 0 saturated carbocycles. The standard InChI is InChI=1S/C37H43N3O7/c1-6-9-18-44-25-12-15-28(31(41)21-25)34-38-35(29-16-13-26(22-32(29)42)45-19-10-7-2)40-36(39-34)30-17-14-27(46-20-11-8-3)23-33(30)47-37(43)24(4)5/h12-17,21-23,41-42H,4,6-11,18-20H2,1-3,5H3. The van der Waals surface area contributed by atoms with E-state index in [0.29, 0.717) is 53.8 Å². The molecule has 47 heavy (non-hydrogen) atoms. The Balaban J connectivity index is 1.85. The zero-order valence-electron chi connectivity index (χ0n) is 27.5. The van der Waals surface area contributed by atoms with Crippen LogP contribution in [-0.4, -0.2) is 51.0 Å². The molecule has 0 spiro atoms. The van der Waals surface area contributed by atoms with Gasteiger partial charge in [-0.1, -0.05) is 46.6 Å². The van der Waals surface area contributed by atoms with E-state index in [9.17, 15) is 15.0 Å². The van der Waals surface area contributed by atoms with Gasteiger partial charge in [-0.3, -0.25) is 0 Å². The Morgan fingerprint density at radius 1 is 0.638 bits per heavy atom. The lowest BCUT2D eigenvalue weighted by Crippen LogP contribution is -2.10. The molecule has 2 N–H and O–H groups in total. The van der Waals surface area contributed by atoms with E-state index < -0.39 is 5.97 Å². The van der Waals surface area contributed by atoms with E-state index in [0.717, 1.165) is 38.5 Å². The maximum Gasteiger partial charge on any atom is 0.338 e. The number of hydrogen-bond donors (Lipinski definition) is 2. The van der Waals surface area contributed by atoms with Gasteiger partial charge in [-0.25, -0.2) is 19.7 Å². The normalized spacial score (nSPS) is 10.8. The molecule has 0 radical (unpaired) electrons. The molecule has 0 aliphatic rings. The van der Waals surface area contributed by atoms with Crippen LogP contribution in [-0.2, 0) is 4.79 Å². The van der Waals surface area contributed by atoms with Crippen LogP contribution in [0.1, 0.15) is 66.2 Å². The summed E-state index contributed by atoms with van der Waals surface area (Å²) in [6, 6.07) is 14.9. The van der Waals surface area contributed by atoms with Gasteiger partial charge >= 0.3 is 5.97 Å². The van der Waals surface area contributed by atoms with E-state index in [1.165, 1.54) is 12.1 Å². The molecule has 0 unspecified atom stereocenters. The summed E-state index contributed by atoms with van der Waals surface area (Å²) in [5.74, 6) is 1.27. The summed E-state index contributed by atoms with van der Waals surface area (Å²) in [7, 11) is 0. The smallest absolute Gasteiger partial charge is 0.338 e. The number of phenolic OH excluding ortho intramolecular Hbond substituents is 2. The number of benzene rings is 3. The van der Waals surface area contributed by atoms with Crippen molar-refractivity contribution < 1.29 is 34.0 Å². The summed E-state index contributed by atoms with van der Waals surface area (Å²) in [5, 5.41) is 22.1. The minimum Gasteiger partial charge on any atom is -0.507 e. The van der Waals surface area contributed by atoms with Gasteiger partial charge in [0.2, 0.25) is 0 Å². The van der Waals surface area contributed by atoms with Gasteiger partial charge in [0.1, 0.15) is 34.5 Å². The minimum absolute atomic E-state index is 0.0976. The summed E-state index contributed by atoms with van der Waals surface area (Å²) >= 11 is 0. The van der Waals surface area contributed by atoms with Crippen LogP contribution in [0.4, 0.5) is 0 Å². The lowest BCUT2D eigenvalue weighted by Gasteiger charge is -2.15. The van der Waals surface area contributed by atoms with Crippen LogP contribution in [0.25, 0.3) is 34.2 Å². The molecule has 4 aromatic rings. The topological polar surface area (TPSA) is 133 Å². The number of aromatic nitrogens is 3. The Morgan fingerprint density at radius 3 is 1.40 bits per heavy atom. The molecule has 0 bridgehead atoms. The predicted molar refractivity (Wildman–Crippen MR) is 181 cm³/mol. The number of carbonyl (C=O) groups excluding carboxylic acids is 1. The van der Waals surface area contributed by atoms with Gasteiger partial charge in [0.05, 0.1) is 36.5 Å². The molecule has 10 nitrogen and oxygen atoms in total. The Morgan fingerprint density at radius 2 is 1.02 bits per heavy atom. The van der Waals surface area contributed by atoms with Crippen molar-refractivity contribution in [1.29, 1.82) is 0 Å². The molecule has 1 aromatic heterocycles. The van der Waals surface area contributed by atoms with Crippen LogP contribution in [0.15, 0.2) is 66.7 Å². The quantitative estimate of drug-likeness (QED) is 0.0502. The molecular formula is C37H43N3O7. The largest absolute Gasteiger partial charge is 0.507 e. The fourth-order valence-electron chi connectivity index (χ4n) is 4.37. The van der Waals surface area contributed by atoms with Crippen molar-refractivity contribution in [3.05, 3.63) is 66.7 Å². The number of carbonyl (C=O) groups is 1. The third-order valence-electron chi connectivity index (χ3n) is 7.10. The van der Waals surface area contributed by atoms with E-state index in [1.807, 2.05) is 0 Å². The van der Waals surface area contributed by atoms with Gasteiger partial charge in [-0.15, -0.1) is 0 Å². The number of aromatic hydroxyl groups is 2. The zero-order chi connectivity index (χ0) is 33.8. The first-order valence-electron chi connectivity index (χ1n) is 16.1. The zero-order valence-corrected chi connectivity index (χ0v) is 27.5. The molecule has 0 fully saturated rings. The van der Waals surface area contributed by atoms with Crippen LogP contribution in [0.3, 0.4) is 0 Å². The van der Waals surface area contributed by atoms with Crippen LogP contribution in [0.5, 0.6) is 34.5 Å². The van der Waals surface area contributed by atoms with Gasteiger partial charge in [0, 0.05) is 23.8 Å². The Bertz CT molecular complexity index is 1610. The highest BCUT2D eigenvalue weighted by Gasteiger charge is 2.21. The first-order valence-corrected chi connectivity index (χ1v) is 16.1. The van der Waals surface area contributed by atoms with Gasteiger partial charge < -0.3 is 29.2 Å². The molecule has 4 rings (SSSR count). The average molecular weight is 642 g/mol. The maximum atomic E-state index is 12.7. The second-order valence-electron chi connectivity index (χ2n) is 11.1. The summed E-state index contributed by atoms with van der Waals surface area (Å²) in [5.41, 5.74) is 1.21. The van der Waals surface area contributed by atoms with Crippen molar-refractivity contribution in [3.63, 3.8) is 0 Å². The second kappa shape index (κ2) is 17.0. The van der Waals surface area contributed by atoms with Crippen molar-refractivity contribution in [2.24, 2.45) is 0 Å². The SMILES string of the molecule is C=C(C)C(=O)Oc1cc(OCCCC)ccc1-c1nc(-c2ccc(OCCCC)cc2O)nc(-c2ccc(OCCCC)cc2O)n1. The Hall–Kier alpha value is -5.12. The molecule has 3 aromatic carbocycles. The number of phenols is 2. The van der Waals surface area contributed by atoms with Crippen LogP contribution >= 0.6 is 0 Å². The maximum absolute atomic E-state index is 12.7. The van der Waals surface area contributed by atoms with E-state index in [4.69, 9.17) is 28.9 Å². The van der Waals surface area contributed by atoms with E-state index in [1.54, 1.807) is 49.4 Å². The number of hydrogen-bond acceptors (Lipinski definition) is 10. The summed E-state index contributed by atoms with van der Waals surface area (Å²) in [4.78, 5) is 26.7. The molecule has 0 aliphatic carbocycles. The van der Waals surface area contributed by atoms with Gasteiger partial charge in [-0.05, 0) is 62.6 Å². The number of unbranched alkanes of at least 4 members (excludes halogenated alkanes) is 3. The molecular weight excluding hydrogens is 598 g/mol. The number of nitrogens with zero attached hydrogens (tertiary/aromatic N) is 3. The molecule has 0 atom stereocenters. The number of ether oxygens (including phenoxy) is 4. The summed E-state index contributed by atoms with van der Waals surface area (Å²) < 4.78 is 23.1. The molecule has 0 aliphatic heterocycles. The highest BCUT2D eigenvalue weighted by atomic mass is 16.5. The van der Waals surface area contributed by atoms with Crippen molar-refractivity contribution in [3.8, 4) is 68.7 Å². The van der Waals surface area contributed by atoms with Gasteiger partial charge in [0.15, 0.2) is 17.5 Å². The Kier molecular flexibility index (Phi) is 12.6. The lowest BCUT2D eigenvalue weighted by molar-refractivity contribution is -0.130. The fourth-order valence-corrected chi connectivity index (χ4v) is 4.37. The van der Waals surface area contributed by atoms with Crippen molar-refractivity contribution in [2.45, 2.75) is 66.2 Å². The second-order valence-corrected chi connectivity index (χ2v) is 11.1. The van der Waals surface area contributed by atoms with Crippen LogP contribution in [0, 0.1) is 0 Å². The highest BCUT2D eigenvalue weighted by Crippen LogP contribution is 2.38. The van der Waals surface area contributed by atoms with Crippen molar-refractivity contribution in [1.82, 2.24) is 15.0 Å². The summed E-state index contributed by atoms with van der Waals surface area (Å²) in [6.07, 6.45) is 5.55. The monoisotopic (exact) mass is 641 g/mol. The summed E-state index contributed by atoms with van der Waals surface area (Å²) in [6.45, 7) is 13.0. The molecule has 10 heteroatoms. The molecule has 0 saturated heterocycles. The Labute approximate surface area is 276 Å². The van der Waals surface area contributed by atoms with Crippen molar-refractivity contribution in [2.75, 3.05) is 19.8 Å². The number of esters is 1. The third-order valence-corrected chi connectivity index (χ3v) is 7.10. The van der Waals surface area contributed by atoms with Gasteiger partial charge in [0.25, 0.3) is 0 Å². The molecule has 248 valence electrons. The fraction of sp³-hybridized carbons (Fsp3) is 0.351. The first-order chi connectivity index (χ1) is 22.7. The first kappa shape index (κ1) is 34.7. The van der Waals surface area contributed by atoms with Gasteiger partial charge in [-0.2, -0.15) is 0 Å². The van der Waals surface area contributed by atoms with E-state index in [2.05, 4.69) is 32.3 Å². The van der Waals surface area contributed by atoms with E-state index >= 15 is 0 Å². The molecule has 1 heterocycles. The lowest BCUT2D eigenvalue weighted by atomic mass is 10.1.